The normalized spacial score (nSPS) is 17.5. The molecule has 0 saturated carbocycles. The molecule has 1 aliphatic heterocycles. The van der Waals surface area contributed by atoms with E-state index in [1.165, 1.54) is 18.2 Å². The van der Waals surface area contributed by atoms with E-state index in [0.717, 1.165) is 26.2 Å². The van der Waals surface area contributed by atoms with Crippen LogP contribution < -0.4 is 5.32 Å². The highest BCUT2D eigenvalue weighted by molar-refractivity contribution is 5.85. The molecule has 104 valence electrons. The molecule has 1 aromatic carbocycles. The van der Waals surface area contributed by atoms with Gasteiger partial charge in [0.1, 0.15) is 11.6 Å². The van der Waals surface area contributed by atoms with Crippen LogP contribution in [0.15, 0.2) is 18.2 Å². The van der Waals surface area contributed by atoms with Crippen molar-refractivity contribution >= 4 is 24.8 Å². The number of piperazine rings is 1. The molecule has 18 heavy (non-hydrogen) atoms. The fourth-order valence-corrected chi connectivity index (χ4v) is 2.16. The number of hydrogen-bond donors (Lipinski definition) is 1. The molecule has 1 atom stereocenters. The molecule has 0 aliphatic carbocycles. The van der Waals surface area contributed by atoms with E-state index in [0.29, 0.717) is 0 Å². The molecule has 0 amide bonds. The van der Waals surface area contributed by atoms with Crippen LogP contribution in [-0.4, -0.2) is 31.1 Å². The van der Waals surface area contributed by atoms with Crippen LogP contribution >= 0.6 is 24.8 Å². The smallest absolute Gasteiger partial charge is 0.130 e. The summed E-state index contributed by atoms with van der Waals surface area (Å²) >= 11 is 0. The lowest BCUT2D eigenvalue weighted by atomic mass is 10.0. The summed E-state index contributed by atoms with van der Waals surface area (Å²) in [7, 11) is 0. The van der Waals surface area contributed by atoms with Crippen LogP contribution in [0.5, 0.6) is 0 Å². The largest absolute Gasteiger partial charge is 0.314 e. The van der Waals surface area contributed by atoms with E-state index in [-0.39, 0.29) is 36.4 Å². The Kier molecular flexibility index (Phi) is 7.71. The van der Waals surface area contributed by atoms with Gasteiger partial charge in [-0.15, -0.1) is 24.8 Å². The Morgan fingerprint density at radius 2 is 1.61 bits per heavy atom. The van der Waals surface area contributed by atoms with Crippen molar-refractivity contribution < 1.29 is 8.78 Å². The molecule has 0 bridgehead atoms. The van der Waals surface area contributed by atoms with Gasteiger partial charge in [-0.25, -0.2) is 8.78 Å². The first-order valence-corrected chi connectivity index (χ1v) is 5.59. The molecule has 1 N–H and O–H groups in total. The number of halogens is 4. The first-order chi connectivity index (χ1) is 7.70. The van der Waals surface area contributed by atoms with Crippen LogP contribution in [0.1, 0.15) is 18.5 Å². The average molecular weight is 299 g/mol. The minimum atomic E-state index is -0.453. The summed E-state index contributed by atoms with van der Waals surface area (Å²) in [6, 6.07) is 3.83. The molecule has 1 aliphatic rings. The molecule has 2 rings (SSSR count). The van der Waals surface area contributed by atoms with E-state index in [2.05, 4.69) is 10.2 Å². The Balaban J connectivity index is 0.00000144. The molecule has 0 radical (unpaired) electrons. The standard InChI is InChI=1S/C12H16F2N2.2ClH/c1-9(16-7-5-15-6-8-16)12-10(13)3-2-4-11(12)14;;/h2-4,9,15H,5-8H2,1H3;2*1H/t9-;;/m0../s1. The lowest BCUT2D eigenvalue weighted by molar-refractivity contribution is 0.179. The second-order valence-electron chi connectivity index (χ2n) is 4.10. The molecule has 0 unspecified atom stereocenters. The molecule has 6 heteroatoms. The Labute approximate surface area is 119 Å². The van der Waals surface area contributed by atoms with E-state index >= 15 is 0 Å². The zero-order chi connectivity index (χ0) is 11.5. The van der Waals surface area contributed by atoms with E-state index in [9.17, 15) is 8.78 Å². The fraction of sp³-hybridized carbons (Fsp3) is 0.500. The van der Waals surface area contributed by atoms with Gasteiger partial charge >= 0.3 is 0 Å². The van der Waals surface area contributed by atoms with Crippen molar-refractivity contribution in [1.29, 1.82) is 0 Å². The minimum Gasteiger partial charge on any atom is -0.314 e. The minimum absolute atomic E-state index is 0. The van der Waals surface area contributed by atoms with Gasteiger partial charge in [-0.2, -0.15) is 0 Å². The topological polar surface area (TPSA) is 15.3 Å². The van der Waals surface area contributed by atoms with Crippen molar-refractivity contribution in [3.63, 3.8) is 0 Å². The van der Waals surface area contributed by atoms with E-state index in [4.69, 9.17) is 0 Å². The summed E-state index contributed by atoms with van der Waals surface area (Å²) in [4.78, 5) is 2.10. The number of rotatable bonds is 2. The molecule has 1 heterocycles. The summed E-state index contributed by atoms with van der Waals surface area (Å²) < 4.78 is 27.1. The van der Waals surface area contributed by atoms with Crippen LogP contribution in [0, 0.1) is 11.6 Å². The second-order valence-corrected chi connectivity index (χ2v) is 4.10. The van der Waals surface area contributed by atoms with Crippen LogP contribution in [-0.2, 0) is 0 Å². The molecule has 2 nitrogen and oxygen atoms in total. The Morgan fingerprint density at radius 3 is 2.11 bits per heavy atom. The predicted molar refractivity (Wildman–Crippen MR) is 73.7 cm³/mol. The van der Waals surface area contributed by atoms with E-state index in [1.54, 1.807) is 0 Å². The third-order valence-electron chi connectivity index (χ3n) is 3.12. The lowest BCUT2D eigenvalue weighted by Crippen LogP contribution is -2.44. The number of nitrogens with one attached hydrogen (secondary N) is 1. The van der Waals surface area contributed by atoms with Gasteiger partial charge in [0, 0.05) is 37.8 Å². The van der Waals surface area contributed by atoms with Gasteiger partial charge in [-0.1, -0.05) is 6.07 Å². The van der Waals surface area contributed by atoms with E-state index < -0.39 is 11.6 Å². The average Bonchev–Trinajstić information content (AvgIpc) is 2.30. The van der Waals surface area contributed by atoms with Gasteiger partial charge in [-0.3, -0.25) is 4.90 Å². The van der Waals surface area contributed by atoms with Crippen LogP contribution in [0.3, 0.4) is 0 Å². The zero-order valence-electron chi connectivity index (χ0n) is 10.2. The molecule has 1 fully saturated rings. The fourth-order valence-electron chi connectivity index (χ4n) is 2.16. The number of nitrogens with zero attached hydrogens (tertiary/aromatic N) is 1. The summed E-state index contributed by atoms with van der Waals surface area (Å²) in [6.07, 6.45) is 0. The van der Waals surface area contributed by atoms with Gasteiger partial charge in [0.15, 0.2) is 0 Å². The lowest BCUT2D eigenvalue weighted by Gasteiger charge is -2.33. The quantitative estimate of drug-likeness (QED) is 0.903. The predicted octanol–water partition coefficient (Wildman–Crippen LogP) is 2.77. The summed E-state index contributed by atoms with van der Waals surface area (Å²) in [6.45, 7) is 5.26. The SMILES string of the molecule is C[C@@H](c1c(F)cccc1F)N1CCNCC1.Cl.Cl. The molecule has 0 spiro atoms. The summed E-state index contributed by atoms with van der Waals surface area (Å²) in [5.74, 6) is -0.905. The van der Waals surface area contributed by atoms with Gasteiger partial charge in [0.05, 0.1) is 0 Å². The highest BCUT2D eigenvalue weighted by Gasteiger charge is 2.23. The van der Waals surface area contributed by atoms with Crippen LogP contribution in [0.4, 0.5) is 8.78 Å². The molecular weight excluding hydrogens is 281 g/mol. The number of benzene rings is 1. The van der Waals surface area contributed by atoms with Crippen LogP contribution in [0.25, 0.3) is 0 Å². The molecule has 1 saturated heterocycles. The van der Waals surface area contributed by atoms with Gasteiger partial charge in [-0.05, 0) is 19.1 Å². The van der Waals surface area contributed by atoms with Crippen molar-refractivity contribution in [2.24, 2.45) is 0 Å². The molecule has 0 aromatic heterocycles. The third kappa shape index (κ3) is 3.79. The first kappa shape index (κ1) is 17.6. The van der Waals surface area contributed by atoms with E-state index in [1.807, 2.05) is 6.92 Å². The van der Waals surface area contributed by atoms with Crippen LogP contribution in [0.2, 0.25) is 0 Å². The Morgan fingerprint density at radius 1 is 1.11 bits per heavy atom. The van der Waals surface area contributed by atoms with Crippen molar-refractivity contribution in [3.05, 3.63) is 35.4 Å². The van der Waals surface area contributed by atoms with Gasteiger partial charge in [0.25, 0.3) is 0 Å². The maximum Gasteiger partial charge on any atom is 0.130 e. The van der Waals surface area contributed by atoms with Gasteiger partial charge < -0.3 is 5.32 Å². The Hall–Kier alpha value is -0.420. The second kappa shape index (κ2) is 7.89. The number of hydrogen-bond acceptors (Lipinski definition) is 2. The Bertz CT molecular complexity index is 351. The molecular formula is C12H18Cl2F2N2. The maximum atomic E-state index is 13.6. The highest BCUT2D eigenvalue weighted by atomic mass is 35.5. The van der Waals surface area contributed by atoms with Crippen molar-refractivity contribution in [1.82, 2.24) is 10.2 Å². The first-order valence-electron chi connectivity index (χ1n) is 5.59. The van der Waals surface area contributed by atoms with Crippen molar-refractivity contribution in [2.75, 3.05) is 26.2 Å². The monoisotopic (exact) mass is 298 g/mol. The van der Waals surface area contributed by atoms with Crippen molar-refractivity contribution in [3.8, 4) is 0 Å². The zero-order valence-corrected chi connectivity index (χ0v) is 11.8. The highest BCUT2D eigenvalue weighted by Crippen LogP contribution is 2.25. The maximum absolute atomic E-state index is 13.6. The summed E-state index contributed by atoms with van der Waals surface area (Å²) in [5, 5.41) is 3.22. The summed E-state index contributed by atoms with van der Waals surface area (Å²) in [5.41, 5.74) is 0.185. The third-order valence-corrected chi connectivity index (χ3v) is 3.12. The molecule has 1 aromatic rings. The van der Waals surface area contributed by atoms with Crippen molar-refractivity contribution in [2.45, 2.75) is 13.0 Å². The van der Waals surface area contributed by atoms with Gasteiger partial charge in [0.2, 0.25) is 0 Å².